The maximum absolute atomic E-state index is 12.1. The second-order valence-electron chi connectivity index (χ2n) is 8.54. The summed E-state index contributed by atoms with van der Waals surface area (Å²) >= 11 is 0. The molecule has 1 aliphatic heterocycles. The minimum atomic E-state index is -0.474. The number of hydrogen-bond acceptors (Lipinski definition) is 6. The Kier molecular flexibility index (Phi) is 8.42. The molecule has 2 atom stereocenters. The number of halogens is 1. The standard InChI is InChI=1S/C28H27N3O3.ClH/c32-28(26-16-30-13-14-31-26)34-18-20-5-9-23(10-6-20)25-11-12-29-17-27(25)33-19-21-7-8-22-3-1-2-4-24(22)15-21;/h1-10,13-16,25,27,29H,11-12,17-19H2;1H. The van der Waals surface area contributed by atoms with Crippen LogP contribution in [-0.2, 0) is 22.7 Å². The lowest BCUT2D eigenvalue weighted by Crippen LogP contribution is -2.40. The minimum absolute atomic E-state index is 0. The van der Waals surface area contributed by atoms with Crippen molar-refractivity contribution in [3.63, 3.8) is 0 Å². The molecule has 1 aromatic heterocycles. The topological polar surface area (TPSA) is 73.3 Å². The zero-order chi connectivity index (χ0) is 23.2. The van der Waals surface area contributed by atoms with Gasteiger partial charge in [0.1, 0.15) is 6.61 Å². The van der Waals surface area contributed by atoms with Crippen molar-refractivity contribution in [2.45, 2.75) is 31.7 Å². The van der Waals surface area contributed by atoms with Gasteiger partial charge in [-0.1, -0.05) is 60.7 Å². The number of hydrogen-bond donors (Lipinski definition) is 1. The number of benzene rings is 3. The second-order valence-corrected chi connectivity index (χ2v) is 8.54. The first kappa shape index (κ1) is 24.8. The number of rotatable bonds is 7. The van der Waals surface area contributed by atoms with Crippen LogP contribution >= 0.6 is 12.4 Å². The molecular formula is C28H28ClN3O3. The van der Waals surface area contributed by atoms with Gasteiger partial charge in [0.2, 0.25) is 0 Å². The van der Waals surface area contributed by atoms with Gasteiger partial charge in [0, 0.05) is 24.9 Å². The van der Waals surface area contributed by atoms with Crippen molar-refractivity contribution >= 4 is 29.1 Å². The van der Waals surface area contributed by atoms with E-state index in [4.69, 9.17) is 9.47 Å². The first-order valence-electron chi connectivity index (χ1n) is 11.6. The molecule has 0 amide bonds. The van der Waals surface area contributed by atoms with E-state index in [1.165, 1.54) is 40.5 Å². The Bertz CT molecular complexity index is 1250. The van der Waals surface area contributed by atoms with Crippen LogP contribution in [0.2, 0.25) is 0 Å². The lowest BCUT2D eigenvalue weighted by molar-refractivity contribution is 0.0106. The molecule has 5 rings (SSSR count). The van der Waals surface area contributed by atoms with E-state index in [-0.39, 0.29) is 30.8 Å². The van der Waals surface area contributed by atoms with Gasteiger partial charge in [0.05, 0.1) is 18.9 Å². The SMILES string of the molecule is Cl.O=C(OCc1ccc(C2CCNCC2OCc2ccc3ccccc3c2)cc1)c1cnccn1. The average Bonchev–Trinajstić information content (AvgIpc) is 2.91. The number of carbonyl (C=O) groups is 1. The molecule has 2 heterocycles. The third-order valence-electron chi connectivity index (χ3n) is 6.25. The van der Waals surface area contributed by atoms with Crippen molar-refractivity contribution in [2.75, 3.05) is 13.1 Å². The molecule has 3 aromatic carbocycles. The summed E-state index contributed by atoms with van der Waals surface area (Å²) in [4.78, 5) is 20.0. The quantitative estimate of drug-likeness (QED) is 0.365. The first-order chi connectivity index (χ1) is 16.8. The van der Waals surface area contributed by atoms with Crippen molar-refractivity contribution in [1.29, 1.82) is 0 Å². The molecule has 35 heavy (non-hydrogen) atoms. The molecule has 1 fully saturated rings. The molecule has 180 valence electrons. The highest BCUT2D eigenvalue weighted by atomic mass is 35.5. The summed E-state index contributed by atoms with van der Waals surface area (Å²) in [7, 11) is 0. The Morgan fingerprint density at radius 1 is 0.943 bits per heavy atom. The van der Waals surface area contributed by atoms with Gasteiger partial charge in [0.15, 0.2) is 5.69 Å². The van der Waals surface area contributed by atoms with Crippen molar-refractivity contribution in [1.82, 2.24) is 15.3 Å². The Labute approximate surface area is 211 Å². The highest BCUT2D eigenvalue weighted by Gasteiger charge is 2.27. The maximum atomic E-state index is 12.1. The fraction of sp³-hybridized carbons (Fsp3) is 0.250. The van der Waals surface area contributed by atoms with Gasteiger partial charge in [-0.2, -0.15) is 0 Å². The molecule has 0 saturated carbocycles. The van der Waals surface area contributed by atoms with Crippen LogP contribution in [0.1, 0.15) is 39.5 Å². The Morgan fingerprint density at radius 3 is 2.54 bits per heavy atom. The summed E-state index contributed by atoms with van der Waals surface area (Å²) in [5, 5.41) is 5.94. The number of ether oxygens (including phenoxy) is 2. The van der Waals surface area contributed by atoms with Crippen molar-refractivity contribution in [3.8, 4) is 0 Å². The molecule has 7 heteroatoms. The molecule has 1 N–H and O–H groups in total. The van der Waals surface area contributed by atoms with Crippen LogP contribution in [0.3, 0.4) is 0 Å². The molecule has 0 bridgehead atoms. The van der Waals surface area contributed by atoms with Crippen LogP contribution in [-0.4, -0.2) is 35.1 Å². The Morgan fingerprint density at radius 2 is 1.74 bits per heavy atom. The molecule has 1 aliphatic rings. The lowest BCUT2D eigenvalue weighted by atomic mass is 9.87. The number of nitrogens with zero attached hydrogens (tertiary/aromatic N) is 2. The van der Waals surface area contributed by atoms with Crippen LogP contribution in [0.5, 0.6) is 0 Å². The predicted octanol–water partition coefficient (Wildman–Crippen LogP) is 5.07. The molecule has 0 aliphatic carbocycles. The third kappa shape index (κ3) is 6.22. The second kappa shape index (κ2) is 11.9. The van der Waals surface area contributed by atoms with Crippen LogP contribution in [0.15, 0.2) is 85.3 Å². The largest absolute Gasteiger partial charge is 0.456 e. The monoisotopic (exact) mass is 489 g/mol. The van der Waals surface area contributed by atoms with Gasteiger partial charge < -0.3 is 14.8 Å². The zero-order valence-electron chi connectivity index (χ0n) is 19.3. The van der Waals surface area contributed by atoms with Crippen molar-refractivity contribution in [3.05, 3.63) is 108 Å². The van der Waals surface area contributed by atoms with Gasteiger partial charge in [0.25, 0.3) is 0 Å². The fourth-order valence-corrected chi connectivity index (χ4v) is 4.41. The van der Waals surface area contributed by atoms with Gasteiger partial charge in [-0.3, -0.25) is 4.98 Å². The summed E-state index contributed by atoms with van der Waals surface area (Å²) < 4.78 is 11.8. The first-order valence-corrected chi connectivity index (χ1v) is 11.6. The lowest BCUT2D eigenvalue weighted by Gasteiger charge is -2.32. The molecule has 0 spiro atoms. The van der Waals surface area contributed by atoms with Crippen LogP contribution in [0.25, 0.3) is 10.8 Å². The smallest absolute Gasteiger partial charge is 0.358 e. The summed E-state index contributed by atoms with van der Waals surface area (Å²) in [6, 6.07) is 23.2. The predicted molar refractivity (Wildman–Crippen MR) is 138 cm³/mol. The highest BCUT2D eigenvalue weighted by Crippen LogP contribution is 2.29. The Hall–Kier alpha value is -3.32. The van der Waals surface area contributed by atoms with Gasteiger partial charge in [-0.25, -0.2) is 9.78 Å². The van der Waals surface area contributed by atoms with E-state index in [1.807, 2.05) is 12.1 Å². The minimum Gasteiger partial charge on any atom is -0.456 e. The summed E-state index contributed by atoms with van der Waals surface area (Å²) in [6.07, 6.45) is 5.52. The summed E-state index contributed by atoms with van der Waals surface area (Å²) in [6.45, 7) is 2.58. The number of carbonyl (C=O) groups excluding carboxylic acids is 1. The molecule has 6 nitrogen and oxygen atoms in total. The number of esters is 1. The molecule has 0 radical (unpaired) electrons. The van der Waals surface area contributed by atoms with Crippen LogP contribution in [0, 0.1) is 0 Å². The van der Waals surface area contributed by atoms with Gasteiger partial charge in [-0.05, 0) is 46.5 Å². The van der Waals surface area contributed by atoms with E-state index in [0.717, 1.165) is 25.1 Å². The summed E-state index contributed by atoms with van der Waals surface area (Å²) in [5.74, 6) is -0.157. The zero-order valence-corrected chi connectivity index (χ0v) is 20.1. The van der Waals surface area contributed by atoms with Gasteiger partial charge >= 0.3 is 5.97 Å². The molecule has 4 aromatic rings. The van der Waals surface area contributed by atoms with Crippen LogP contribution in [0.4, 0.5) is 0 Å². The average molecular weight is 490 g/mol. The van der Waals surface area contributed by atoms with E-state index in [0.29, 0.717) is 12.5 Å². The van der Waals surface area contributed by atoms with E-state index < -0.39 is 5.97 Å². The number of piperidine rings is 1. The Balaban J connectivity index is 0.00000289. The highest BCUT2D eigenvalue weighted by molar-refractivity contribution is 5.86. The summed E-state index contributed by atoms with van der Waals surface area (Å²) in [5.41, 5.74) is 3.57. The van der Waals surface area contributed by atoms with E-state index in [1.54, 1.807) is 0 Å². The molecule has 2 unspecified atom stereocenters. The van der Waals surface area contributed by atoms with Gasteiger partial charge in [-0.15, -0.1) is 12.4 Å². The number of aromatic nitrogens is 2. The normalized spacial score (nSPS) is 17.5. The third-order valence-corrected chi connectivity index (χ3v) is 6.25. The number of fused-ring (bicyclic) bond motifs is 1. The van der Waals surface area contributed by atoms with Crippen molar-refractivity contribution < 1.29 is 14.3 Å². The van der Waals surface area contributed by atoms with Crippen molar-refractivity contribution in [2.24, 2.45) is 0 Å². The number of nitrogens with one attached hydrogen (secondary N) is 1. The van der Waals surface area contributed by atoms with E-state index in [2.05, 4.69) is 69.9 Å². The van der Waals surface area contributed by atoms with E-state index in [9.17, 15) is 4.79 Å². The van der Waals surface area contributed by atoms with Crippen LogP contribution < -0.4 is 5.32 Å². The maximum Gasteiger partial charge on any atom is 0.358 e. The van der Waals surface area contributed by atoms with E-state index >= 15 is 0 Å². The molecule has 1 saturated heterocycles. The molecular weight excluding hydrogens is 462 g/mol. The fourth-order valence-electron chi connectivity index (χ4n) is 4.41.